The van der Waals surface area contributed by atoms with E-state index in [9.17, 15) is 0 Å². The van der Waals surface area contributed by atoms with Crippen LogP contribution in [-0.2, 0) is 4.74 Å². The molecule has 148 valence electrons. The van der Waals surface area contributed by atoms with Gasteiger partial charge in [-0.1, -0.05) is 42.8 Å². The zero-order valence-electron chi connectivity index (χ0n) is 17.0. The summed E-state index contributed by atoms with van der Waals surface area (Å²) in [5, 5.41) is 4.25. The first kappa shape index (κ1) is 19.0. The molecule has 0 saturated carbocycles. The Labute approximate surface area is 167 Å². The third-order valence-electron chi connectivity index (χ3n) is 5.78. The molecule has 0 radical (unpaired) electrons. The van der Waals surface area contributed by atoms with Crippen LogP contribution in [0.5, 0.6) is 11.5 Å². The second-order valence-corrected chi connectivity index (χ2v) is 7.53. The fraction of sp³-hybridized carbons (Fsp3) is 0.417. The summed E-state index contributed by atoms with van der Waals surface area (Å²) in [4.78, 5) is 2.40. The number of ether oxygens (including phenoxy) is 3. The second kappa shape index (κ2) is 8.38. The predicted octanol–water partition coefficient (Wildman–Crippen LogP) is 5.53. The van der Waals surface area contributed by atoms with E-state index in [0.29, 0.717) is 6.73 Å². The van der Waals surface area contributed by atoms with Crippen molar-refractivity contribution >= 4 is 21.5 Å². The number of nitrogens with zero attached hydrogens (tertiary/aromatic N) is 1. The molecule has 1 saturated heterocycles. The van der Waals surface area contributed by atoms with Gasteiger partial charge < -0.3 is 14.2 Å². The van der Waals surface area contributed by atoms with Gasteiger partial charge in [0, 0.05) is 34.6 Å². The highest BCUT2D eigenvalue weighted by atomic mass is 16.5. The Morgan fingerprint density at radius 2 is 1.43 bits per heavy atom. The molecular formula is C24H29NO3. The van der Waals surface area contributed by atoms with E-state index in [1.54, 1.807) is 14.2 Å². The average molecular weight is 380 g/mol. The van der Waals surface area contributed by atoms with Crippen molar-refractivity contribution < 1.29 is 14.2 Å². The number of methoxy groups -OCH3 is 2. The van der Waals surface area contributed by atoms with Gasteiger partial charge >= 0.3 is 0 Å². The Morgan fingerprint density at radius 3 is 2.07 bits per heavy atom. The Hall–Kier alpha value is -2.30. The molecule has 3 aromatic carbocycles. The van der Waals surface area contributed by atoms with Crippen LogP contribution in [0.1, 0.15) is 37.9 Å². The van der Waals surface area contributed by atoms with Gasteiger partial charge in [0.2, 0.25) is 0 Å². The van der Waals surface area contributed by atoms with Gasteiger partial charge in [0.05, 0.1) is 27.1 Å². The summed E-state index contributed by atoms with van der Waals surface area (Å²) >= 11 is 0. The van der Waals surface area contributed by atoms with Crippen LogP contribution in [0, 0.1) is 0 Å². The molecule has 4 rings (SSSR count). The Kier molecular flexibility index (Phi) is 5.69. The van der Waals surface area contributed by atoms with Crippen LogP contribution >= 0.6 is 0 Å². The van der Waals surface area contributed by atoms with Crippen LogP contribution in [-0.4, -0.2) is 38.9 Å². The van der Waals surface area contributed by atoms with Crippen LogP contribution in [0.2, 0.25) is 0 Å². The molecule has 0 amide bonds. The normalized spacial score (nSPS) is 16.4. The monoisotopic (exact) mass is 379 g/mol. The third-order valence-corrected chi connectivity index (χ3v) is 5.78. The summed E-state index contributed by atoms with van der Waals surface area (Å²) in [6, 6.07) is 14.7. The summed E-state index contributed by atoms with van der Waals surface area (Å²) < 4.78 is 17.8. The van der Waals surface area contributed by atoms with E-state index < -0.39 is 0 Å². The lowest BCUT2D eigenvalue weighted by atomic mass is 9.97. The zero-order valence-corrected chi connectivity index (χ0v) is 17.0. The van der Waals surface area contributed by atoms with Gasteiger partial charge in [0.25, 0.3) is 0 Å². The van der Waals surface area contributed by atoms with Crippen molar-refractivity contribution in [1.29, 1.82) is 0 Å². The predicted molar refractivity (Wildman–Crippen MR) is 114 cm³/mol. The quantitative estimate of drug-likeness (QED) is 0.527. The third kappa shape index (κ3) is 3.54. The molecule has 4 nitrogen and oxygen atoms in total. The van der Waals surface area contributed by atoms with Crippen molar-refractivity contribution in [3.63, 3.8) is 0 Å². The summed E-state index contributed by atoms with van der Waals surface area (Å²) in [5.74, 6) is 1.77. The highest BCUT2D eigenvalue weighted by Crippen LogP contribution is 2.43. The van der Waals surface area contributed by atoms with Gasteiger partial charge in [-0.05, 0) is 31.4 Å². The highest BCUT2D eigenvalue weighted by molar-refractivity contribution is 6.11. The fourth-order valence-corrected chi connectivity index (χ4v) is 4.21. The lowest BCUT2D eigenvalue weighted by molar-refractivity contribution is -0.0225. The van der Waals surface area contributed by atoms with E-state index in [1.165, 1.54) is 19.3 Å². The SMILES string of the molecule is COc1c2ccccc2c(OC)c2cc(C(C)OCN3CCCCC3)ccc12. The number of benzene rings is 3. The first-order chi connectivity index (χ1) is 13.7. The largest absolute Gasteiger partial charge is 0.495 e. The second-order valence-electron chi connectivity index (χ2n) is 7.53. The van der Waals surface area contributed by atoms with Crippen molar-refractivity contribution in [3.05, 3.63) is 48.0 Å². The van der Waals surface area contributed by atoms with Crippen molar-refractivity contribution in [2.75, 3.05) is 34.0 Å². The molecule has 0 aromatic heterocycles. The molecule has 0 N–H and O–H groups in total. The Morgan fingerprint density at radius 1 is 0.821 bits per heavy atom. The van der Waals surface area contributed by atoms with Gasteiger partial charge in [0.1, 0.15) is 11.5 Å². The Bertz CT molecular complexity index is 963. The van der Waals surface area contributed by atoms with Gasteiger partial charge in [0.15, 0.2) is 0 Å². The number of fused-ring (bicyclic) bond motifs is 2. The lowest BCUT2D eigenvalue weighted by Gasteiger charge is -2.27. The first-order valence-electron chi connectivity index (χ1n) is 10.1. The smallest absolute Gasteiger partial charge is 0.134 e. The minimum absolute atomic E-state index is 0.0218. The van der Waals surface area contributed by atoms with E-state index >= 15 is 0 Å². The number of piperidine rings is 1. The standard InChI is InChI=1S/C24H29NO3/c1-17(28-16-25-13-7-4-8-14-25)18-11-12-21-22(15-18)24(27-3)20-10-6-5-9-19(20)23(21)26-2/h5-6,9-12,15,17H,4,7-8,13-14,16H2,1-3H3. The molecule has 4 heteroatoms. The minimum atomic E-state index is 0.0218. The molecule has 3 aromatic rings. The summed E-state index contributed by atoms with van der Waals surface area (Å²) in [5.41, 5.74) is 1.15. The molecule has 1 aliphatic heterocycles. The van der Waals surface area contributed by atoms with Crippen molar-refractivity contribution in [2.45, 2.75) is 32.3 Å². The Balaban J connectivity index is 1.70. The molecule has 1 fully saturated rings. The molecular weight excluding hydrogens is 350 g/mol. The zero-order chi connectivity index (χ0) is 19.5. The van der Waals surface area contributed by atoms with Crippen LogP contribution in [0.25, 0.3) is 21.5 Å². The van der Waals surface area contributed by atoms with Crippen LogP contribution < -0.4 is 9.47 Å². The van der Waals surface area contributed by atoms with E-state index in [0.717, 1.165) is 51.7 Å². The lowest BCUT2D eigenvalue weighted by Crippen LogP contribution is -2.32. The molecule has 28 heavy (non-hydrogen) atoms. The fourth-order valence-electron chi connectivity index (χ4n) is 4.21. The molecule has 0 bridgehead atoms. The number of hydrogen-bond acceptors (Lipinski definition) is 4. The van der Waals surface area contributed by atoms with Crippen molar-refractivity contribution in [1.82, 2.24) is 4.90 Å². The van der Waals surface area contributed by atoms with E-state index in [1.807, 2.05) is 12.1 Å². The maximum absolute atomic E-state index is 6.19. The number of likely N-dealkylation sites (tertiary alicyclic amines) is 1. The van der Waals surface area contributed by atoms with Crippen LogP contribution in [0.3, 0.4) is 0 Å². The molecule has 1 unspecified atom stereocenters. The van der Waals surface area contributed by atoms with E-state index in [4.69, 9.17) is 14.2 Å². The molecule has 0 spiro atoms. The van der Waals surface area contributed by atoms with Crippen LogP contribution in [0.15, 0.2) is 42.5 Å². The van der Waals surface area contributed by atoms with Crippen molar-refractivity contribution in [3.8, 4) is 11.5 Å². The summed E-state index contributed by atoms with van der Waals surface area (Å²) in [7, 11) is 3.46. The molecule has 0 aliphatic carbocycles. The summed E-state index contributed by atoms with van der Waals surface area (Å²) in [6.45, 7) is 5.09. The van der Waals surface area contributed by atoms with E-state index in [2.05, 4.69) is 42.2 Å². The van der Waals surface area contributed by atoms with Gasteiger partial charge in [-0.2, -0.15) is 0 Å². The maximum Gasteiger partial charge on any atom is 0.134 e. The van der Waals surface area contributed by atoms with Crippen molar-refractivity contribution in [2.24, 2.45) is 0 Å². The highest BCUT2D eigenvalue weighted by Gasteiger charge is 2.18. The average Bonchev–Trinajstić information content (AvgIpc) is 2.76. The maximum atomic E-state index is 6.19. The van der Waals surface area contributed by atoms with Gasteiger partial charge in [-0.15, -0.1) is 0 Å². The summed E-state index contributed by atoms with van der Waals surface area (Å²) in [6.07, 6.45) is 3.91. The molecule has 1 aliphatic rings. The minimum Gasteiger partial charge on any atom is -0.495 e. The van der Waals surface area contributed by atoms with Gasteiger partial charge in [-0.3, -0.25) is 4.90 Å². The molecule has 1 atom stereocenters. The van der Waals surface area contributed by atoms with Gasteiger partial charge in [-0.25, -0.2) is 0 Å². The topological polar surface area (TPSA) is 30.9 Å². The molecule has 1 heterocycles. The first-order valence-corrected chi connectivity index (χ1v) is 10.1. The van der Waals surface area contributed by atoms with E-state index in [-0.39, 0.29) is 6.10 Å². The number of hydrogen-bond donors (Lipinski definition) is 0. The van der Waals surface area contributed by atoms with Crippen LogP contribution in [0.4, 0.5) is 0 Å². The number of rotatable bonds is 6.